The molecular weight excluding hydrogens is 991 g/mol. The molecule has 2 aliphatic carbocycles. The highest BCUT2D eigenvalue weighted by Gasteiger charge is 2.69. The number of halogens is 7. The van der Waals surface area contributed by atoms with Gasteiger partial charge in [-0.05, 0) is 104 Å². The van der Waals surface area contributed by atoms with Crippen molar-refractivity contribution in [2.45, 2.75) is 85.6 Å². The lowest BCUT2D eigenvalue weighted by atomic mass is 9.73. The van der Waals surface area contributed by atoms with Gasteiger partial charge in [-0.15, -0.1) is 0 Å². The molecule has 16 heteroatoms. The zero-order valence-corrected chi connectivity index (χ0v) is 38.7. The summed E-state index contributed by atoms with van der Waals surface area (Å²) in [6.07, 6.45) is 5.86. The quantitative estimate of drug-likeness (QED) is 0.150. The van der Waals surface area contributed by atoms with Crippen molar-refractivity contribution < 1.29 is 47.5 Å². The Morgan fingerprint density at radius 3 is 1.73 bits per heavy atom. The van der Waals surface area contributed by atoms with Crippen LogP contribution in [0.3, 0.4) is 0 Å². The van der Waals surface area contributed by atoms with Gasteiger partial charge in [0.15, 0.2) is 0 Å². The van der Waals surface area contributed by atoms with E-state index in [9.17, 15) is 14.7 Å². The maximum Gasteiger partial charge on any atom is 0.250 e. The highest BCUT2D eigenvalue weighted by Crippen LogP contribution is 2.61. The molecule has 0 aromatic heterocycles. The van der Waals surface area contributed by atoms with Crippen molar-refractivity contribution in [3.8, 4) is 0 Å². The number of nitrogens with two attached hydrogens (primary N) is 1. The number of likely N-dealkylation sites (tertiary alicyclic amines) is 2. The van der Waals surface area contributed by atoms with Gasteiger partial charge in [0.25, 0.3) is 0 Å². The number of nitrogens with one attached hydrogen (secondary N) is 3. The van der Waals surface area contributed by atoms with E-state index in [2.05, 4.69) is 25.8 Å². The number of carbonyl (C=O) groups is 2. The Bertz CT molecular complexity index is 2450. The molecule has 11 rings (SSSR count). The molecule has 9 nitrogen and oxygen atoms in total. The van der Waals surface area contributed by atoms with Crippen LogP contribution >= 0.6 is 46.4 Å². The third-order valence-corrected chi connectivity index (χ3v) is 15.4. The molecule has 0 unspecified atom stereocenters. The van der Waals surface area contributed by atoms with E-state index in [1.165, 1.54) is 18.9 Å². The third-order valence-electron chi connectivity index (χ3n) is 14.4. The highest BCUT2D eigenvalue weighted by molar-refractivity contribution is 6.32. The van der Waals surface area contributed by atoms with Gasteiger partial charge in [0, 0.05) is 88.2 Å². The lowest BCUT2D eigenvalue weighted by Crippen LogP contribution is -3.00. The van der Waals surface area contributed by atoms with Crippen molar-refractivity contribution in [1.82, 2.24) is 15.1 Å². The number of nitrogens with zero attached hydrogens (tertiary/aromatic N) is 2. The number of amides is 2. The average Bonchev–Trinajstić information content (AvgIpc) is 4.10. The molecule has 2 spiro atoms. The third kappa shape index (κ3) is 6.91. The summed E-state index contributed by atoms with van der Waals surface area (Å²) < 4.78 is 30.7. The Kier molecular flexibility index (Phi) is 12.2. The molecule has 7 aliphatic rings. The van der Waals surface area contributed by atoms with Gasteiger partial charge in [-0.2, -0.15) is 0 Å². The Morgan fingerprint density at radius 1 is 0.710 bits per heavy atom. The van der Waals surface area contributed by atoms with Crippen molar-refractivity contribution in [3.63, 3.8) is 0 Å². The second kappa shape index (κ2) is 17.0. The summed E-state index contributed by atoms with van der Waals surface area (Å²) >= 11 is 24.8. The summed E-state index contributed by atoms with van der Waals surface area (Å²) in [6, 6.07) is 20.1. The van der Waals surface area contributed by atoms with E-state index in [4.69, 9.17) is 52.1 Å². The first-order chi connectivity index (χ1) is 29.4. The van der Waals surface area contributed by atoms with E-state index in [0.29, 0.717) is 51.7 Å². The van der Waals surface area contributed by atoms with Crippen LogP contribution in [0.25, 0.3) is 0 Å². The topological polar surface area (TPSA) is 123 Å². The van der Waals surface area contributed by atoms with Crippen LogP contribution in [0, 0.1) is 23.5 Å². The van der Waals surface area contributed by atoms with Crippen molar-refractivity contribution >= 4 is 69.6 Å². The summed E-state index contributed by atoms with van der Waals surface area (Å²) in [5.41, 5.74) is 8.39. The molecule has 8 atom stereocenters. The van der Waals surface area contributed by atoms with Crippen molar-refractivity contribution in [2.75, 3.05) is 36.9 Å². The van der Waals surface area contributed by atoms with E-state index < -0.39 is 34.7 Å². The molecule has 2 amide bonds. The monoisotopic (exact) mass is 1040 g/mol. The number of aliphatic hydroxyl groups is 1. The Labute approximate surface area is 396 Å². The summed E-state index contributed by atoms with van der Waals surface area (Å²) in [7, 11) is 0. The van der Waals surface area contributed by atoms with Crippen LogP contribution in [-0.2, 0) is 20.7 Å². The molecule has 328 valence electrons. The summed E-state index contributed by atoms with van der Waals surface area (Å²) in [5.74, 6) is -1.34. The van der Waals surface area contributed by atoms with Gasteiger partial charge in [-0.25, -0.2) is 8.78 Å². The fourth-order valence-corrected chi connectivity index (χ4v) is 12.3. The number of aliphatic hydroxyl groups excluding tert-OH is 1. The number of hydrogen-bond acceptors (Lipinski definition) is 7. The largest absolute Gasteiger partial charge is 1.00 e. The van der Waals surface area contributed by atoms with Crippen LogP contribution < -0.4 is 45.7 Å². The number of fused-ring (bicyclic) bond motifs is 5. The van der Waals surface area contributed by atoms with Crippen molar-refractivity contribution in [2.24, 2.45) is 17.6 Å². The molecule has 5 fully saturated rings. The van der Waals surface area contributed by atoms with E-state index >= 15 is 8.78 Å². The van der Waals surface area contributed by atoms with Gasteiger partial charge in [-0.1, -0.05) is 82.8 Å². The Balaban J connectivity index is 0.000000156. The van der Waals surface area contributed by atoms with Crippen LogP contribution in [0.1, 0.15) is 72.6 Å². The minimum atomic E-state index is -1.20. The molecule has 3 saturated heterocycles. The first-order valence-electron chi connectivity index (χ1n) is 21.1. The summed E-state index contributed by atoms with van der Waals surface area (Å²) in [5, 5.41) is 20.6. The van der Waals surface area contributed by atoms with Crippen LogP contribution in [0.4, 0.5) is 20.2 Å². The maximum atomic E-state index is 15.4. The standard InChI is InChI=1S/C23H24Cl2FN3O2.C23H22Cl2FN3O.HI/c24-13-6-7-15-17(10-13)28-22(31)23(15)19(14-2-1-3-16(25)20(14)26)21(27)18(8-9-30)29(23)11-12-4-5-12;24-13-6-7-15-17(10-13)28-22(30)23(15)19(14-2-1-3-16(25)20(14)26)21-18(8-9-27-21)29(23)11-12-4-5-12;/h1-3,6-7,10,12,18-19,21,30H,4-5,8-9,11,27H2,(H,28,31);1-3,6-7,10,12,18-19,21,27H,4-5,8-9,11H2,(H,28,30);1H/p-1/t2*18-,19-,21+,23+;/m00./s1. The zero-order chi connectivity index (χ0) is 42.5. The second-order valence-electron chi connectivity index (χ2n) is 17.7. The van der Waals surface area contributed by atoms with E-state index in [1.807, 2.05) is 18.2 Å². The molecule has 5 aliphatic heterocycles. The average molecular weight is 1040 g/mol. The Hall–Kier alpha value is -2.63. The van der Waals surface area contributed by atoms with Crippen LogP contribution in [-0.4, -0.2) is 77.1 Å². The molecule has 5 heterocycles. The number of hydrogen-bond donors (Lipinski definition) is 5. The van der Waals surface area contributed by atoms with Gasteiger partial charge in [-0.3, -0.25) is 19.4 Å². The van der Waals surface area contributed by atoms with Crippen molar-refractivity contribution in [3.05, 3.63) is 127 Å². The molecule has 4 aromatic rings. The first kappa shape index (κ1) is 44.6. The minimum absolute atomic E-state index is 0. The lowest BCUT2D eigenvalue weighted by Gasteiger charge is -2.40. The SMILES string of the molecule is N[C@@H]1[C@H](CCO)N(CC2CC2)[C@@]2(C(=O)Nc3cc(Cl)ccc32)[C@H]1c1cccc(Cl)c1F.O=C1Nc2cc(Cl)ccc2[C@@]12[C@@H](c1cccc(Cl)c1F)[C@@H]1NCC[C@@H]1N2CC1CC1.[I-]. The van der Waals surface area contributed by atoms with Gasteiger partial charge in [0.05, 0.1) is 10.0 Å². The van der Waals surface area contributed by atoms with Gasteiger partial charge in [0.1, 0.15) is 22.7 Å². The second-order valence-corrected chi connectivity index (χ2v) is 19.4. The smallest absolute Gasteiger partial charge is 0.250 e. The number of benzene rings is 4. The predicted molar refractivity (Wildman–Crippen MR) is 234 cm³/mol. The molecule has 62 heavy (non-hydrogen) atoms. The number of carbonyl (C=O) groups excluding carboxylic acids is 2. The van der Waals surface area contributed by atoms with Gasteiger partial charge >= 0.3 is 0 Å². The summed E-state index contributed by atoms with van der Waals surface area (Å²) in [6.45, 7) is 2.29. The first-order valence-corrected chi connectivity index (χ1v) is 22.7. The lowest BCUT2D eigenvalue weighted by molar-refractivity contribution is -0.128. The van der Waals surface area contributed by atoms with E-state index in [1.54, 1.807) is 48.5 Å². The van der Waals surface area contributed by atoms with E-state index in [0.717, 1.165) is 49.2 Å². The highest BCUT2D eigenvalue weighted by atomic mass is 127. The summed E-state index contributed by atoms with van der Waals surface area (Å²) in [4.78, 5) is 32.1. The normalized spacial score (nSPS) is 30.8. The number of anilines is 2. The minimum Gasteiger partial charge on any atom is -1.00 e. The fourth-order valence-electron chi connectivity index (χ4n) is 11.6. The molecule has 4 aromatic carbocycles. The number of rotatable bonds is 8. The zero-order valence-electron chi connectivity index (χ0n) is 33.5. The predicted octanol–water partition coefficient (Wildman–Crippen LogP) is 5.39. The van der Waals surface area contributed by atoms with Crippen molar-refractivity contribution in [1.29, 1.82) is 0 Å². The van der Waals surface area contributed by atoms with Gasteiger partial charge < -0.3 is 50.8 Å². The maximum absolute atomic E-state index is 15.4. The van der Waals surface area contributed by atoms with Gasteiger partial charge in [0.2, 0.25) is 11.8 Å². The van der Waals surface area contributed by atoms with Crippen LogP contribution in [0.2, 0.25) is 20.1 Å². The fraction of sp³-hybridized carbons (Fsp3) is 0.435. The van der Waals surface area contributed by atoms with E-state index in [-0.39, 0.29) is 76.5 Å². The molecule has 6 N–H and O–H groups in total. The molecule has 0 radical (unpaired) electrons. The molecular formula is C46H46Cl4F2IN6O3-. The van der Waals surface area contributed by atoms with Crippen LogP contribution in [0.5, 0.6) is 0 Å². The van der Waals surface area contributed by atoms with Crippen LogP contribution in [0.15, 0.2) is 72.8 Å². The molecule has 0 bridgehead atoms. The molecule has 2 saturated carbocycles. The Morgan fingerprint density at radius 2 is 1.21 bits per heavy atom.